The third-order valence-corrected chi connectivity index (χ3v) is 6.34. The van der Waals surface area contributed by atoms with E-state index in [1.165, 1.54) is 24.3 Å². The van der Waals surface area contributed by atoms with Gasteiger partial charge in [-0.25, -0.2) is 13.1 Å². The molecule has 0 unspecified atom stereocenters. The summed E-state index contributed by atoms with van der Waals surface area (Å²) >= 11 is 0. The highest BCUT2D eigenvalue weighted by atomic mass is 32.2. The van der Waals surface area contributed by atoms with Crippen molar-refractivity contribution in [3.05, 3.63) is 29.8 Å². The predicted octanol–water partition coefficient (Wildman–Crippen LogP) is 2.99. The van der Waals surface area contributed by atoms with E-state index in [0.717, 1.165) is 32.1 Å². The van der Waals surface area contributed by atoms with E-state index in [2.05, 4.69) is 4.72 Å². The highest BCUT2D eigenvalue weighted by Gasteiger charge is 2.24. The predicted molar refractivity (Wildman–Crippen MR) is 97.7 cm³/mol. The summed E-state index contributed by atoms with van der Waals surface area (Å²) in [6.07, 6.45) is 5.30. The maximum atomic E-state index is 12.3. The van der Waals surface area contributed by atoms with Crippen molar-refractivity contribution in [2.75, 3.05) is 13.2 Å². The number of benzene rings is 1. The largest absolute Gasteiger partial charge is 0.466 e. The molecule has 0 radical (unpaired) electrons. The number of carbonyl (C=O) groups is 1. The normalized spacial score (nSPS) is 20.3. The van der Waals surface area contributed by atoms with Gasteiger partial charge in [0.1, 0.15) is 0 Å². The minimum atomic E-state index is -3.54. The van der Waals surface area contributed by atoms with Crippen LogP contribution in [0.1, 0.15) is 51.0 Å². The number of nitrogens with one attached hydrogen (secondary N) is 1. The maximum absolute atomic E-state index is 12.3. The number of carbonyl (C=O) groups excluding carboxylic acids is 1. The van der Waals surface area contributed by atoms with Gasteiger partial charge in [-0.15, -0.1) is 0 Å². The molecular formula is C19H26N2O4S. The smallest absolute Gasteiger partial charge is 0.306 e. The first-order valence-electron chi connectivity index (χ1n) is 9.10. The standard InChI is InChI=1S/C19H26N2O4S/c1-2-25-19(22)13-16-5-3-15(4-6-16)11-12-21-26(23,24)18-9-7-17(14-20)8-10-18/h7-10,15-16,21H,2-6,11-13H2,1H3. The van der Waals surface area contributed by atoms with Crippen LogP contribution in [0.5, 0.6) is 0 Å². The number of nitrogens with zero attached hydrogens (tertiary/aromatic N) is 1. The number of ether oxygens (including phenoxy) is 1. The van der Waals surface area contributed by atoms with Crippen molar-refractivity contribution in [2.45, 2.75) is 50.3 Å². The first-order chi connectivity index (χ1) is 12.4. The fourth-order valence-electron chi connectivity index (χ4n) is 3.37. The summed E-state index contributed by atoms with van der Waals surface area (Å²) in [5.41, 5.74) is 0.434. The van der Waals surface area contributed by atoms with Crippen LogP contribution in [-0.2, 0) is 19.6 Å². The van der Waals surface area contributed by atoms with Crippen molar-refractivity contribution in [1.82, 2.24) is 4.72 Å². The van der Waals surface area contributed by atoms with Gasteiger partial charge in [0, 0.05) is 13.0 Å². The van der Waals surface area contributed by atoms with E-state index >= 15 is 0 Å². The molecule has 0 bridgehead atoms. The van der Waals surface area contributed by atoms with Gasteiger partial charge < -0.3 is 4.74 Å². The minimum absolute atomic E-state index is 0.119. The van der Waals surface area contributed by atoms with Crippen LogP contribution in [0.15, 0.2) is 29.2 Å². The minimum Gasteiger partial charge on any atom is -0.466 e. The summed E-state index contributed by atoms with van der Waals surface area (Å²) in [4.78, 5) is 11.7. The molecule has 1 N–H and O–H groups in total. The molecule has 0 saturated heterocycles. The molecule has 1 fully saturated rings. The second-order valence-electron chi connectivity index (χ2n) is 6.72. The van der Waals surface area contributed by atoms with Crippen molar-refractivity contribution in [1.29, 1.82) is 5.26 Å². The van der Waals surface area contributed by atoms with Crippen molar-refractivity contribution in [3.63, 3.8) is 0 Å². The molecule has 6 nitrogen and oxygen atoms in total. The Morgan fingerprint density at radius 3 is 2.38 bits per heavy atom. The van der Waals surface area contributed by atoms with Crippen LogP contribution in [0.2, 0.25) is 0 Å². The fourth-order valence-corrected chi connectivity index (χ4v) is 4.42. The van der Waals surface area contributed by atoms with Crippen LogP contribution in [0.25, 0.3) is 0 Å². The molecule has 0 amide bonds. The Morgan fingerprint density at radius 1 is 1.19 bits per heavy atom. The summed E-state index contributed by atoms with van der Waals surface area (Å²) in [7, 11) is -3.54. The maximum Gasteiger partial charge on any atom is 0.306 e. The number of sulfonamides is 1. The molecular weight excluding hydrogens is 352 g/mol. The molecule has 2 rings (SSSR count). The second-order valence-corrected chi connectivity index (χ2v) is 8.49. The topological polar surface area (TPSA) is 96.3 Å². The Balaban J connectivity index is 1.73. The summed E-state index contributed by atoms with van der Waals surface area (Å²) in [6, 6.07) is 7.86. The van der Waals surface area contributed by atoms with Gasteiger partial charge in [0.15, 0.2) is 0 Å². The highest BCUT2D eigenvalue weighted by molar-refractivity contribution is 7.89. The van der Waals surface area contributed by atoms with Crippen LogP contribution in [0, 0.1) is 23.2 Å². The van der Waals surface area contributed by atoms with Gasteiger partial charge in [-0.2, -0.15) is 5.26 Å². The van der Waals surface area contributed by atoms with Crippen LogP contribution in [0.3, 0.4) is 0 Å². The Bertz CT molecular complexity index is 730. The van der Waals surface area contributed by atoms with Gasteiger partial charge in [0.05, 0.1) is 23.1 Å². The monoisotopic (exact) mass is 378 g/mol. The molecule has 26 heavy (non-hydrogen) atoms. The van der Waals surface area contributed by atoms with Crippen LogP contribution in [-0.4, -0.2) is 27.5 Å². The lowest BCUT2D eigenvalue weighted by Crippen LogP contribution is -2.27. The van der Waals surface area contributed by atoms with Crippen molar-refractivity contribution < 1.29 is 17.9 Å². The molecule has 7 heteroatoms. The number of esters is 1. The molecule has 1 aromatic carbocycles. The van der Waals surface area contributed by atoms with E-state index in [1.54, 1.807) is 0 Å². The fraction of sp³-hybridized carbons (Fsp3) is 0.579. The lowest BCUT2D eigenvalue weighted by molar-refractivity contribution is -0.144. The van der Waals surface area contributed by atoms with Crippen molar-refractivity contribution >= 4 is 16.0 Å². The third-order valence-electron chi connectivity index (χ3n) is 4.87. The lowest BCUT2D eigenvalue weighted by atomic mass is 9.79. The molecule has 0 atom stereocenters. The Hall–Kier alpha value is -1.91. The third kappa shape index (κ3) is 6.11. The number of nitriles is 1. The molecule has 1 aromatic rings. The summed E-state index contributed by atoms with van der Waals surface area (Å²) in [5, 5.41) is 8.77. The van der Waals surface area contributed by atoms with Gasteiger partial charge in [-0.05, 0) is 62.3 Å². The van der Waals surface area contributed by atoms with Gasteiger partial charge in [-0.3, -0.25) is 4.79 Å². The van der Waals surface area contributed by atoms with Gasteiger partial charge in [0.25, 0.3) is 0 Å². The number of hydrogen-bond acceptors (Lipinski definition) is 5. The zero-order valence-corrected chi connectivity index (χ0v) is 15.9. The quantitative estimate of drug-likeness (QED) is 0.702. The zero-order valence-electron chi connectivity index (χ0n) is 15.1. The molecule has 1 saturated carbocycles. The van der Waals surface area contributed by atoms with Gasteiger partial charge in [-0.1, -0.05) is 12.8 Å². The zero-order chi connectivity index (χ0) is 19.0. The molecule has 0 heterocycles. The highest BCUT2D eigenvalue weighted by Crippen LogP contribution is 2.32. The van der Waals surface area contributed by atoms with E-state index in [1.807, 2.05) is 13.0 Å². The van der Waals surface area contributed by atoms with E-state index in [-0.39, 0.29) is 10.9 Å². The summed E-state index contributed by atoms with van der Waals surface area (Å²) in [6.45, 7) is 2.64. The van der Waals surface area contributed by atoms with Crippen LogP contribution in [0.4, 0.5) is 0 Å². The lowest BCUT2D eigenvalue weighted by Gasteiger charge is -2.28. The van der Waals surface area contributed by atoms with Crippen LogP contribution < -0.4 is 4.72 Å². The molecule has 0 aliphatic heterocycles. The van der Waals surface area contributed by atoms with Crippen molar-refractivity contribution in [3.8, 4) is 6.07 Å². The summed E-state index contributed by atoms with van der Waals surface area (Å²) in [5.74, 6) is 0.754. The first kappa shape index (κ1) is 20.4. The van der Waals surface area contributed by atoms with E-state index in [9.17, 15) is 13.2 Å². The summed E-state index contributed by atoms with van der Waals surface area (Å²) < 4.78 is 32.2. The van der Waals surface area contributed by atoms with Gasteiger partial charge in [0.2, 0.25) is 10.0 Å². The molecule has 1 aliphatic carbocycles. The first-order valence-corrected chi connectivity index (χ1v) is 10.6. The van der Waals surface area contributed by atoms with E-state index in [4.69, 9.17) is 10.00 Å². The molecule has 0 spiro atoms. The van der Waals surface area contributed by atoms with E-state index in [0.29, 0.717) is 37.0 Å². The molecule has 1 aliphatic rings. The molecule has 0 aromatic heterocycles. The van der Waals surface area contributed by atoms with Crippen LogP contribution >= 0.6 is 0 Å². The average Bonchev–Trinajstić information content (AvgIpc) is 2.63. The number of rotatable bonds is 8. The van der Waals surface area contributed by atoms with Gasteiger partial charge >= 0.3 is 5.97 Å². The Kier molecular flexibility index (Phi) is 7.61. The van der Waals surface area contributed by atoms with Crippen molar-refractivity contribution in [2.24, 2.45) is 11.8 Å². The second kappa shape index (κ2) is 9.70. The van der Waals surface area contributed by atoms with E-state index < -0.39 is 10.0 Å². The Labute approximate surface area is 155 Å². The SMILES string of the molecule is CCOC(=O)CC1CCC(CCNS(=O)(=O)c2ccc(C#N)cc2)CC1. The Morgan fingerprint density at radius 2 is 1.81 bits per heavy atom. The molecule has 142 valence electrons. The average molecular weight is 378 g/mol. The number of hydrogen-bond donors (Lipinski definition) is 1.